The molecule has 1 aromatic carbocycles. The summed E-state index contributed by atoms with van der Waals surface area (Å²) in [5.41, 5.74) is 0.627. The number of benzene rings is 1. The van der Waals surface area contributed by atoms with E-state index >= 15 is 0 Å². The summed E-state index contributed by atoms with van der Waals surface area (Å²) in [4.78, 5) is 4.22. The van der Waals surface area contributed by atoms with Crippen LogP contribution in [0.1, 0.15) is 13.8 Å². The minimum absolute atomic E-state index is 0.0323. The van der Waals surface area contributed by atoms with Gasteiger partial charge < -0.3 is 5.32 Å². The zero-order valence-corrected chi connectivity index (χ0v) is 12.3. The van der Waals surface area contributed by atoms with Crippen molar-refractivity contribution in [2.45, 2.75) is 31.3 Å². The fourth-order valence-electron chi connectivity index (χ4n) is 1.93. The van der Waals surface area contributed by atoms with Gasteiger partial charge in [0.1, 0.15) is 12.7 Å². The van der Waals surface area contributed by atoms with Crippen molar-refractivity contribution in [3.63, 3.8) is 0 Å². The molecule has 6 nitrogen and oxygen atoms in total. The Balaban J connectivity index is 2.17. The maximum Gasteiger partial charge on any atom is 0.180 e. The molecule has 0 aliphatic carbocycles. The van der Waals surface area contributed by atoms with Crippen molar-refractivity contribution in [3.05, 3.63) is 36.9 Å². The summed E-state index contributed by atoms with van der Waals surface area (Å²) >= 11 is 0. The lowest BCUT2D eigenvalue weighted by Gasteiger charge is -2.17. The van der Waals surface area contributed by atoms with Gasteiger partial charge in [0.25, 0.3) is 0 Å². The molecular formula is C13H18N4O2S. The number of sulfone groups is 1. The van der Waals surface area contributed by atoms with Gasteiger partial charge in [0.2, 0.25) is 0 Å². The highest BCUT2D eigenvalue weighted by Crippen LogP contribution is 2.22. The molecule has 0 aliphatic heterocycles. The number of rotatable bonds is 6. The number of aromatic nitrogens is 3. The van der Waals surface area contributed by atoms with Gasteiger partial charge in [0.05, 0.1) is 22.9 Å². The normalized spacial score (nSPS) is 13.1. The average Bonchev–Trinajstić information content (AvgIpc) is 2.92. The Morgan fingerprint density at radius 3 is 2.75 bits per heavy atom. The Morgan fingerprint density at radius 2 is 2.10 bits per heavy atom. The summed E-state index contributed by atoms with van der Waals surface area (Å²) in [6.45, 7) is 4.22. The van der Waals surface area contributed by atoms with E-state index in [1.807, 2.05) is 13.0 Å². The van der Waals surface area contributed by atoms with Crippen LogP contribution in [0.5, 0.6) is 0 Å². The first-order chi connectivity index (χ1) is 9.53. The molecule has 0 radical (unpaired) electrons. The molecule has 2 rings (SSSR count). The molecule has 0 fully saturated rings. The quantitative estimate of drug-likeness (QED) is 0.875. The first kappa shape index (κ1) is 14.5. The molecule has 1 heterocycles. The molecule has 108 valence electrons. The summed E-state index contributed by atoms with van der Waals surface area (Å²) in [5.74, 6) is 0.0865. The van der Waals surface area contributed by atoms with Crippen molar-refractivity contribution in [3.8, 4) is 0 Å². The lowest BCUT2D eigenvalue weighted by Crippen LogP contribution is -2.23. The Hall–Kier alpha value is -1.89. The van der Waals surface area contributed by atoms with Gasteiger partial charge >= 0.3 is 0 Å². The Morgan fingerprint density at radius 1 is 1.35 bits per heavy atom. The molecular weight excluding hydrogens is 276 g/mol. The molecule has 0 saturated heterocycles. The Bertz CT molecular complexity index is 653. The molecule has 7 heteroatoms. The van der Waals surface area contributed by atoms with E-state index in [4.69, 9.17) is 0 Å². The van der Waals surface area contributed by atoms with Gasteiger partial charge in [-0.15, -0.1) is 0 Å². The van der Waals surface area contributed by atoms with Gasteiger partial charge in [0.15, 0.2) is 9.84 Å². The molecule has 0 unspecified atom stereocenters. The van der Waals surface area contributed by atoms with Crippen LogP contribution < -0.4 is 5.32 Å². The van der Waals surface area contributed by atoms with E-state index in [1.165, 1.54) is 6.33 Å². The predicted octanol–water partition coefficient (Wildman–Crippen LogP) is 1.57. The van der Waals surface area contributed by atoms with E-state index in [-0.39, 0.29) is 11.8 Å². The molecule has 0 spiro atoms. The topological polar surface area (TPSA) is 76.9 Å². The van der Waals surface area contributed by atoms with E-state index in [0.29, 0.717) is 17.1 Å². The molecule has 20 heavy (non-hydrogen) atoms. The minimum Gasteiger partial charge on any atom is -0.380 e. The molecule has 2 aromatic rings. The summed E-state index contributed by atoms with van der Waals surface area (Å²) in [6.07, 6.45) is 3.11. The van der Waals surface area contributed by atoms with Crippen LogP contribution in [0.2, 0.25) is 0 Å². The Kier molecular flexibility index (Phi) is 4.39. The standard InChI is InChI=1S/C13H18N4O2S/c1-3-20(18,19)13-7-5-4-6-12(13)16-11(2)8-17-10-14-9-15-17/h4-7,9-11,16H,3,8H2,1-2H3/t11-/m1/s1. The van der Waals surface area contributed by atoms with Crippen LogP contribution in [-0.2, 0) is 16.4 Å². The summed E-state index contributed by atoms with van der Waals surface area (Å²) < 4.78 is 25.8. The molecule has 0 bridgehead atoms. The van der Waals surface area contributed by atoms with Crippen LogP contribution in [0.15, 0.2) is 41.8 Å². The number of nitrogens with zero attached hydrogens (tertiary/aromatic N) is 3. The zero-order chi connectivity index (χ0) is 14.6. The summed E-state index contributed by atoms with van der Waals surface area (Å²) in [5, 5.41) is 7.25. The van der Waals surface area contributed by atoms with Gasteiger partial charge in [-0.05, 0) is 19.1 Å². The highest BCUT2D eigenvalue weighted by molar-refractivity contribution is 7.91. The third kappa shape index (κ3) is 3.36. The third-order valence-electron chi connectivity index (χ3n) is 2.93. The first-order valence-electron chi connectivity index (χ1n) is 6.43. The van der Waals surface area contributed by atoms with Gasteiger partial charge in [-0.25, -0.2) is 13.4 Å². The largest absolute Gasteiger partial charge is 0.380 e. The van der Waals surface area contributed by atoms with Crippen molar-refractivity contribution in [1.82, 2.24) is 14.8 Å². The predicted molar refractivity (Wildman–Crippen MR) is 77.3 cm³/mol. The van der Waals surface area contributed by atoms with Crippen LogP contribution in [0.3, 0.4) is 0 Å². The number of hydrogen-bond donors (Lipinski definition) is 1. The van der Waals surface area contributed by atoms with Crippen LogP contribution in [-0.4, -0.2) is 35.0 Å². The molecule has 1 aromatic heterocycles. The fourth-order valence-corrected chi connectivity index (χ4v) is 2.99. The Labute approximate surface area is 118 Å². The van der Waals surface area contributed by atoms with Crippen molar-refractivity contribution < 1.29 is 8.42 Å². The lowest BCUT2D eigenvalue weighted by atomic mass is 10.2. The minimum atomic E-state index is -3.23. The molecule has 0 saturated carbocycles. The lowest BCUT2D eigenvalue weighted by molar-refractivity contribution is 0.558. The highest BCUT2D eigenvalue weighted by Gasteiger charge is 2.17. The third-order valence-corrected chi connectivity index (χ3v) is 4.72. The number of para-hydroxylation sites is 1. The van der Waals surface area contributed by atoms with E-state index < -0.39 is 9.84 Å². The zero-order valence-electron chi connectivity index (χ0n) is 11.5. The highest BCUT2D eigenvalue weighted by atomic mass is 32.2. The smallest absolute Gasteiger partial charge is 0.180 e. The summed E-state index contributed by atoms with van der Waals surface area (Å²) in [7, 11) is -3.23. The van der Waals surface area contributed by atoms with Gasteiger partial charge in [0, 0.05) is 6.04 Å². The second-order valence-corrected chi connectivity index (χ2v) is 6.81. The second-order valence-electron chi connectivity index (χ2n) is 4.56. The van der Waals surface area contributed by atoms with Gasteiger partial charge in [-0.3, -0.25) is 4.68 Å². The van der Waals surface area contributed by atoms with E-state index in [0.717, 1.165) is 0 Å². The maximum atomic E-state index is 12.1. The van der Waals surface area contributed by atoms with E-state index in [2.05, 4.69) is 15.4 Å². The average molecular weight is 294 g/mol. The van der Waals surface area contributed by atoms with Gasteiger partial charge in [-0.1, -0.05) is 19.1 Å². The molecule has 0 amide bonds. The number of nitrogens with one attached hydrogen (secondary N) is 1. The van der Waals surface area contributed by atoms with E-state index in [1.54, 1.807) is 36.1 Å². The van der Waals surface area contributed by atoms with Crippen LogP contribution in [0.25, 0.3) is 0 Å². The monoisotopic (exact) mass is 294 g/mol. The second kappa shape index (κ2) is 6.04. The van der Waals surface area contributed by atoms with Crippen LogP contribution >= 0.6 is 0 Å². The number of anilines is 1. The summed E-state index contributed by atoms with van der Waals surface area (Å²) in [6, 6.07) is 6.99. The number of hydrogen-bond acceptors (Lipinski definition) is 5. The SMILES string of the molecule is CCS(=O)(=O)c1ccccc1N[C@H](C)Cn1cncn1. The maximum absolute atomic E-state index is 12.1. The van der Waals surface area contributed by atoms with Crippen molar-refractivity contribution >= 4 is 15.5 Å². The van der Waals surface area contributed by atoms with Gasteiger partial charge in [-0.2, -0.15) is 5.10 Å². The van der Waals surface area contributed by atoms with Crippen LogP contribution in [0, 0.1) is 0 Å². The van der Waals surface area contributed by atoms with Crippen molar-refractivity contribution in [1.29, 1.82) is 0 Å². The first-order valence-corrected chi connectivity index (χ1v) is 8.09. The molecule has 0 aliphatic rings. The van der Waals surface area contributed by atoms with Crippen molar-refractivity contribution in [2.24, 2.45) is 0 Å². The van der Waals surface area contributed by atoms with Crippen molar-refractivity contribution in [2.75, 3.05) is 11.1 Å². The molecule has 1 N–H and O–H groups in total. The van der Waals surface area contributed by atoms with Crippen LogP contribution in [0.4, 0.5) is 5.69 Å². The molecule has 1 atom stereocenters. The fraction of sp³-hybridized carbons (Fsp3) is 0.385. The van der Waals surface area contributed by atoms with E-state index in [9.17, 15) is 8.42 Å².